The molecule has 4 rings (SSSR count). The normalized spacial score (nSPS) is 19.5. The predicted octanol–water partition coefficient (Wildman–Crippen LogP) is 4.03. The van der Waals surface area contributed by atoms with Crippen LogP contribution in [0.1, 0.15) is 42.6 Å². The van der Waals surface area contributed by atoms with Gasteiger partial charge in [0, 0.05) is 18.4 Å². The zero-order valence-electron chi connectivity index (χ0n) is 19.1. The van der Waals surface area contributed by atoms with E-state index in [1.165, 1.54) is 18.3 Å². The highest BCUT2D eigenvalue weighted by atomic mass is 35.5. The number of nitrogens with two attached hydrogens (primary N) is 1. The monoisotopic (exact) mass is 495 g/mol. The van der Waals surface area contributed by atoms with Crippen molar-refractivity contribution < 1.29 is 14.6 Å². The van der Waals surface area contributed by atoms with Crippen LogP contribution in [0.25, 0.3) is 11.3 Å². The van der Waals surface area contributed by atoms with Crippen molar-refractivity contribution in [3.05, 3.63) is 53.4 Å². The van der Waals surface area contributed by atoms with Crippen LogP contribution in [-0.4, -0.2) is 49.6 Å². The zero-order chi connectivity index (χ0) is 24.9. The van der Waals surface area contributed by atoms with Crippen molar-refractivity contribution in [2.45, 2.75) is 44.4 Å². The Morgan fingerprint density at radius 2 is 2.17 bits per heavy atom. The van der Waals surface area contributed by atoms with Gasteiger partial charge in [0.2, 0.25) is 5.95 Å². The van der Waals surface area contributed by atoms with Crippen LogP contribution in [0.3, 0.4) is 0 Å². The molecule has 1 aromatic carbocycles. The molecule has 1 saturated heterocycles. The number of nitriles is 1. The third-order valence-corrected chi connectivity index (χ3v) is 6.39. The van der Waals surface area contributed by atoms with Crippen molar-refractivity contribution in [3.63, 3.8) is 0 Å². The fourth-order valence-corrected chi connectivity index (χ4v) is 4.29. The number of hydrogen-bond acceptors (Lipinski definition) is 8. The lowest BCUT2D eigenvalue weighted by atomic mass is 9.92. The third-order valence-electron chi connectivity index (χ3n) is 6.12. The third kappa shape index (κ3) is 5.95. The maximum Gasteiger partial charge on any atom is 0.335 e. The van der Waals surface area contributed by atoms with E-state index in [4.69, 9.17) is 32.4 Å². The predicted molar refractivity (Wildman–Crippen MR) is 130 cm³/mol. The molecule has 4 atom stereocenters. The summed E-state index contributed by atoms with van der Waals surface area (Å²) >= 11 is 6.30. The summed E-state index contributed by atoms with van der Waals surface area (Å²) in [6.07, 6.45) is 7.49. The van der Waals surface area contributed by atoms with E-state index >= 15 is 0 Å². The maximum atomic E-state index is 11.1. The van der Waals surface area contributed by atoms with Crippen molar-refractivity contribution in [2.75, 3.05) is 11.9 Å². The summed E-state index contributed by atoms with van der Waals surface area (Å²) in [6.45, 7) is 2.59. The quantitative estimate of drug-likeness (QED) is 0.420. The number of nitrogens with zero attached hydrogens (tertiary/aromatic N) is 5. The van der Waals surface area contributed by atoms with Gasteiger partial charge in [0.25, 0.3) is 0 Å². The molecule has 1 aliphatic rings. The van der Waals surface area contributed by atoms with Crippen molar-refractivity contribution in [2.24, 2.45) is 11.7 Å². The topological polar surface area (TPSA) is 152 Å². The number of rotatable bonds is 8. The number of anilines is 2. The Bertz CT molecular complexity index is 1220. The molecule has 4 N–H and O–H groups in total. The van der Waals surface area contributed by atoms with Crippen LogP contribution in [0.4, 0.5) is 11.6 Å². The van der Waals surface area contributed by atoms with Crippen molar-refractivity contribution in [3.8, 4) is 17.3 Å². The largest absolute Gasteiger partial charge is 0.478 e. The molecule has 2 unspecified atom stereocenters. The number of carboxylic acids is 1. The lowest BCUT2D eigenvalue weighted by Crippen LogP contribution is -2.34. The first-order valence-electron chi connectivity index (χ1n) is 11.3. The maximum absolute atomic E-state index is 11.1. The first-order chi connectivity index (χ1) is 16.8. The number of halogens is 1. The van der Waals surface area contributed by atoms with Gasteiger partial charge in [-0.3, -0.25) is 4.68 Å². The van der Waals surface area contributed by atoms with Crippen LogP contribution in [0, 0.1) is 17.2 Å². The number of carbonyl (C=O) groups is 1. The molecule has 3 heterocycles. The van der Waals surface area contributed by atoms with Gasteiger partial charge in [-0.15, -0.1) is 0 Å². The SMILES string of the molecule is C[C@@H](CC1CC(n2cc(Nc3ncc(Cl)c(-c4ccc(C(=O)O)cc4)n3)cn2)CCO1)[C@H](N)C#N. The Kier molecular flexibility index (Phi) is 7.60. The molecule has 1 fully saturated rings. The average Bonchev–Trinajstić information content (AvgIpc) is 3.33. The fourth-order valence-electron chi connectivity index (χ4n) is 4.08. The van der Waals surface area contributed by atoms with Gasteiger partial charge in [-0.25, -0.2) is 14.8 Å². The number of hydrogen-bond donors (Lipinski definition) is 3. The minimum absolute atomic E-state index is 0.0263. The van der Waals surface area contributed by atoms with Crippen LogP contribution in [-0.2, 0) is 4.74 Å². The summed E-state index contributed by atoms with van der Waals surface area (Å²) in [5, 5.41) is 26.2. The highest BCUT2D eigenvalue weighted by molar-refractivity contribution is 6.32. The van der Waals surface area contributed by atoms with E-state index in [0.29, 0.717) is 28.8 Å². The molecule has 2 aromatic heterocycles. The first kappa shape index (κ1) is 24.6. The molecule has 1 aliphatic heterocycles. The first-order valence-corrected chi connectivity index (χ1v) is 11.7. The van der Waals surface area contributed by atoms with E-state index in [-0.39, 0.29) is 23.6 Å². The van der Waals surface area contributed by atoms with E-state index in [1.807, 2.05) is 17.8 Å². The van der Waals surface area contributed by atoms with Gasteiger partial charge in [-0.05, 0) is 37.3 Å². The fraction of sp³-hybridized carbons (Fsp3) is 0.375. The van der Waals surface area contributed by atoms with Crippen LogP contribution in [0.15, 0.2) is 42.9 Å². The summed E-state index contributed by atoms with van der Waals surface area (Å²) in [6, 6.07) is 8.09. The van der Waals surface area contributed by atoms with Crippen molar-refractivity contribution >= 4 is 29.2 Å². The zero-order valence-corrected chi connectivity index (χ0v) is 19.9. The van der Waals surface area contributed by atoms with E-state index in [9.17, 15) is 4.79 Å². The molecule has 0 radical (unpaired) electrons. The number of aromatic nitrogens is 4. The molecule has 0 bridgehead atoms. The second kappa shape index (κ2) is 10.8. The Morgan fingerprint density at radius 3 is 2.89 bits per heavy atom. The molecular weight excluding hydrogens is 470 g/mol. The number of benzene rings is 1. The highest BCUT2D eigenvalue weighted by Gasteiger charge is 2.27. The molecule has 11 heteroatoms. The Balaban J connectivity index is 1.44. The lowest BCUT2D eigenvalue weighted by Gasteiger charge is -2.31. The molecule has 3 aromatic rings. The number of nitrogens with one attached hydrogen (secondary N) is 1. The van der Waals surface area contributed by atoms with Gasteiger partial charge in [-0.1, -0.05) is 30.7 Å². The molecule has 10 nitrogen and oxygen atoms in total. The standard InChI is InChI=1S/C24H26ClN7O3/c1-14(21(27)10-26)8-19-9-18(6-7-35-19)32-13-17(11-29-32)30-24-28-12-20(25)22(31-24)15-2-4-16(5-3-15)23(33)34/h2-5,11-14,18-19,21H,6-9,27H2,1H3,(H,33,34)(H,28,30,31)/t14-,18?,19?,21+/m0/s1. The number of ether oxygens (including phenoxy) is 1. The summed E-state index contributed by atoms with van der Waals surface area (Å²) in [5.41, 5.74) is 7.92. The van der Waals surface area contributed by atoms with Gasteiger partial charge in [-0.2, -0.15) is 10.4 Å². The summed E-state index contributed by atoms with van der Waals surface area (Å²) in [7, 11) is 0. The Labute approximate surface area is 207 Å². The molecule has 0 amide bonds. The van der Waals surface area contributed by atoms with E-state index < -0.39 is 12.0 Å². The molecular formula is C24H26ClN7O3. The second-order valence-corrected chi connectivity index (χ2v) is 9.05. The Hall–Kier alpha value is -3.52. The summed E-state index contributed by atoms with van der Waals surface area (Å²) in [4.78, 5) is 19.9. The highest BCUT2D eigenvalue weighted by Crippen LogP contribution is 2.30. The van der Waals surface area contributed by atoms with Crippen molar-refractivity contribution in [1.29, 1.82) is 5.26 Å². The molecule has 0 saturated carbocycles. The summed E-state index contributed by atoms with van der Waals surface area (Å²) < 4.78 is 7.81. The lowest BCUT2D eigenvalue weighted by molar-refractivity contribution is -0.0199. The number of carboxylic acid groups (broad SMARTS) is 1. The van der Waals surface area contributed by atoms with Gasteiger partial charge in [0.15, 0.2) is 0 Å². The van der Waals surface area contributed by atoms with Crippen molar-refractivity contribution in [1.82, 2.24) is 19.7 Å². The van der Waals surface area contributed by atoms with Crippen LogP contribution < -0.4 is 11.1 Å². The van der Waals surface area contributed by atoms with Gasteiger partial charge >= 0.3 is 5.97 Å². The molecule has 35 heavy (non-hydrogen) atoms. The minimum Gasteiger partial charge on any atom is -0.478 e. The molecule has 0 spiro atoms. The van der Waals surface area contributed by atoms with Gasteiger partial charge < -0.3 is 20.9 Å². The van der Waals surface area contributed by atoms with E-state index in [1.54, 1.807) is 18.3 Å². The number of aromatic carboxylic acids is 1. The van der Waals surface area contributed by atoms with Crippen LogP contribution >= 0.6 is 11.6 Å². The summed E-state index contributed by atoms with van der Waals surface area (Å²) in [5.74, 6) is -0.605. The van der Waals surface area contributed by atoms with Crippen LogP contribution in [0.5, 0.6) is 0 Å². The van der Waals surface area contributed by atoms with Crippen LogP contribution in [0.2, 0.25) is 5.02 Å². The average molecular weight is 496 g/mol. The van der Waals surface area contributed by atoms with E-state index in [0.717, 1.165) is 24.9 Å². The Morgan fingerprint density at radius 1 is 1.40 bits per heavy atom. The minimum atomic E-state index is -0.999. The van der Waals surface area contributed by atoms with Gasteiger partial charge in [0.05, 0.1) is 58.6 Å². The van der Waals surface area contributed by atoms with E-state index in [2.05, 4.69) is 26.5 Å². The second-order valence-electron chi connectivity index (χ2n) is 8.65. The smallest absolute Gasteiger partial charge is 0.335 e. The molecule has 182 valence electrons. The molecule has 0 aliphatic carbocycles. The van der Waals surface area contributed by atoms with Gasteiger partial charge in [0.1, 0.15) is 0 Å².